The zero-order chi connectivity index (χ0) is 26.1. The van der Waals surface area contributed by atoms with Crippen LogP contribution in [0.2, 0.25) is 0 Å². The monoisotopic (exact) mass is 519 g/mol. The average molecular weight is 520 g/mol. The molecule has 0 fully saturated rings. The molecule has 0 atom stereocenters. The summed E-state index contributed by atoms with van der Waals surface area (Å²) < 4.78 is 33.1. The van der Waals surface area contributed by atoms with Crippen LogP contribution in [0.25, 0.3) is 33.1 Å². The van der Waals surface area contributed by atoms with Crippen LogP contribution in [0, 0.1) is 0 Å². The first-order valence-electron chi connectivity index (χ1n) is 11.5. The topological polar surface area (TPSA) is 105 Å². The molecule has 37 heavy (non-hydrogen) atoms. The first-order chi connectivity index (χ1) is 18.0. The van der Waals surface area contributed by atoms with Crippen molar-refractivity contribution in [1.29, 1.82) is 0 Å². The van der Waals surface area contributed by atoms with Crippen molar-refractivity contribution in [2.75, 3.05) is 27.9 Å². The molecule has 0 aliphatic rings. The molecule has 10 heteroatoms. The number of aromatic nitrogens is 3. The van der Waals surface area contributed by atoms with Crippen LogP contribution < -0.4 is 18.9 Å². The highest BCUT2D eigenvalue weighted by Gasteiger charge is 2.30. The molecule has 5 aromatic rings. The number of rotatable bonds is 9. The fraction of sp³-hybridized carbons (Fsp3) is 0.222. The highest BCUT2D eigenvalue weighted by atomic mass is 32.1. The molecule has 0 aliphatic heterocycles. The van der Waals surface area contributed by atoms with Gasteiger partial charge in [0.05, 0.1) is 50.6 Å². The van der Waals surface area contributed by atoms with Gasteiger partial charge in [0.2, 0.25) is 5.75 Å². The summed E-state index contributed by atoms with van der Waals surface area (Å²) in [5.41, 5.74) is 4.41. The molecule has 2 heterocycles. The maximum absolute atomic E-state index is 12.9. The van der Waals surface area contributed by atoms with Crippen molar-refractivity contribution in [3.8, 4) is 34.1 Å². The van der Waals surface area contributed by atoms with E-state index in [-0.39, 0.29) is 12.2 Å². The normalized spacial score (nSPS) is 11.1. The minimum absolute atomic E-state index is 0.116. The van der Waals surface area contributed by atoms with Gasteiger partial charge in [-0.25, -0.2) is 4.79 Å². The first kappa shape index (κ1) is 24.4. The van der Waals surface area contributed by atoms with Gasteiger partial charge in [0, 0.05) is 18.2 Å². The Morgan fingerprint density at radius 2 is 1.70 bits per heavy atom. The number of hydrogen-bond donors (Lipinski definition) is 1. The van der Waals surface area contributed by atoms with Crippen LogP contribution in [0.4, 0.5) is 0 Å². The summed E-state index contributed by atoms with van der Waals surface area (Å²) in [6.45, 7) is 2.52. The lowest BCUT2D eigenvalue weighted by molar-refractivity contribution is 0.0687. The molecule has 0 unspecified atom stereocenters. The molecule has 0 bridgehead atoms. The van der Waals surface area contributed by atoms with E-state index < -0.39 is 5.97 Å². The minimum Gasteiger partial charge on any atom is -0.497 e. The smallest absolute Gasteiger partial charge is 0.353 e. The predicted octanol–water partition coefficient (Wildman–Crippen LogP) is 5.48. The van der Waals surface area contributed by atoms with Gasteiger partial charge >= 0.3 is 5.97 Å². The molecule has 0 saturated carbocycles. The molecule has 0 radical (unpaired) electrons. The number of benzene rings is 3. The molecular weight excluding hydrogens is 494 g/mol. The van der Waals surface area contributed by atoms with Crippen LogP contribution in [-0.2, 0) is 6.54 Å². The van der Waals surface area contributed by atoms with Crippen molar-refractivity contribution < 1.29 is 28.8 Å². The van der Waals surface area contributed by atoms with Crippen molar-refractivity contribution >= 4 is 39.6 Å². The summed E-state index contributed by atoms with van der Waals surface area (Å²) in [5, 5.41) is 11.1. The fourth-order valence-electron chi connectivity index (χ4n) is 4.59. The second-order valence-corrected chi connectivity index (χ2v) is 8.73. The van der Waals surface area contributed by atoms with Gasteiger partial charge in [-0.2, -0.15) is 8.75 Å². The molecule has 9 nitrogen and oxygen atoms in total. The molecule has 1 N–H and O–H groups in total. The zero-order valence-electron chi connectivity index (χ0n) is 20.8. The summed E-state index contributed by atoms with van der Waals surface area (Å²) in [7, 11) is 4.67. The van der Waals surface area contributed by atoms with Gasteiger partial charge in [-0.05, 0) is 42.3 Å². The van der Waals surface area contributed by atoms with Crippen molar-refractivity contribution in [1.82, 2.24) is 13.3 Å². The Kier molecular flexibility index (Phi) is 6.58. The Bertz CT molecular complexity index is 1610. The Labute approximate surface area is 217 Å². The number of carbonyl (C=O) groups is 1. The molecule has 3 aromatic carbocycles. The maximum atomic E-state index is 12.9. The molecule has 2 aromatic heterocycles. The first-order valence-corrected chi connectivity index (χ1v) is 12.3. The molecule has 5 rings (SSSR count). The van der Waals surface area contributed by atoms with E-state index in [1.807, 2.05) is 37.3 Å². The second-order valence-electron chi connectivity index (χ2n) is 8.20. The Balaban J connectivity index is 1.86. The summed E-state index contributed by atoms with van der Waals surface area (Å²) in [5.74, 6) is 0.860. The summed E-state index contributed by atoms with van der Waals surface area (Å²) in [4.78, 5) is 12.9. The largest absolute Gasteiger partial charge is 0.497 e. The number of aromatic carboxylic acids is 1. The molecular formula is C27H25N3O6S. The van der Waals surface area contributed by atoms with Gasteiger partial charge in [0.1, 0.15) is 22.5 Å². The molecule has 0 spiro atoms. The summed E-state index contributed by atoms with van der Waals surface area (Å²) >= 11 is 1.14. The molecule has 0 amide bonds. The van der Waals surface area contributed by atoms with Crippen LogP contribution in [0.5, 0.6) is 23.0 Å². The van der Waals surface area contributed by atoms with Gasteiger partial charge in [-0.1, -0.05) is 18.2 Å². The third-order valence-corrected chi connectivity index (χ3v) is 6.74. The van der Waals surface area contributed by atoms with Gasteiger partial charge in [0.25, 0.3) is 0 Å². The number of carboxylic acids is 1. The number of carboxylic acid groups (broad SMARTS) is 1. The van der Waals surface area contributed by atoms with E-state index in [4.69, 9.17) is 18.9 Å². The van der Waals surface area contributed by atoms with E-state index in [2.05, 4.69) is 8.75 Å². The number of methoxy groups -OCH3 is 3. The van der Waals surface area contributed by atoms with E-state index in [9.17, 15) is 9.90 Å². The van der Waals surface area contributed by atoms with Gasteiger partial charge in [-0.15, -0.1) is 0 Å². The van der Waals surface area contributed by atoms with Crippen molar-refractivity contribution in [2.24, 2.45) is 0 Å². The standard InChI is InChI=1S/C27H25N3O6S/c1-5-36-25-21(34-3)13-20-23(26(25)35-4)22(16-7-9-17(33-2)10-8-16)24(27(31)32)30(20)14-15-6-11-18-19(12-15)29-37-28-18/h6-13H,5,14H2,1-4H3,(H,31,32). The Hall–Kier alpha value is -4.31. The Morgan fingerprint density at radius 3 is 2.35 bits per heavy atom. The third-order valence-electron chi connectivity index (χ3n) is 6.18. The molecule has 0 aliphatic carbocycles. The number of nitrogens with zero attached hydrogens (tertiary/aromatic N) is 3. The van der Waals surface area contributed by atoms with E-state index in [0.29, 0.717) is 51.6 Å². The predicted molar refractivity (Wildman–Crippen MR) is 142 cm³/mol. The number of hydrogen-bond acceptors (Lipinski definition) is 8. The number of fused-ring (bicyclic) bond motifs is 2. The van der Waals surface area contributed by atoms with Crippen molar-refractivity contribution in [3.63, 3.8) is 0 Å². The lowest BCUT2D eigenvalue weighted by Gasteiger charge is -2.16. The quantitative estimate of drug-likeness (QED) is 0.273. The van der Waals surface area contributed by atoms with Crippen LogP contribution >= 0.6 is 11.7 Å². The van der Waals surface area contributed by atoms with Crippen LogP contribution in [-0.4, -0.2) is 52.3 Å². The maximum Gasteiger partial charge on any atom is 0.353 e. The highest BCUT2D eigenvalue weighted by Crippen LogP contribution is 2.49. The summed E-state index contributed by atoms with van der Waals surface area (Å²) in [6, 6.07) is 14.8. The average Bonchev–Trinajstić information content (AvgIpc) is 3.51. The molecule has 0 saturated heterocycles. The van der Waals surface area contributed by atoms with Crippen LogP contribution in [0.3, 0.4) is 0 Å². The van der Waals surface area contributed by atoms with E-state index in [1.165, 1.54) is 7.11 Å². The van der Waals surface area contributed by atoms with Gasteiger partial charge in [-0.3, -0.25) is 0 Å². The summed E-state index contributed by atoms with van der Waals surface area (Å²) in [6.07, 6.45) is 0. The third kappa shape index (κ3) is 4.19. The number of ether oxygens (including phenoxy) is 4. The molecule has 190 valence electrons. The van der Waals surface area contributed by atoms with E-state index >= 15 is 0 Å². The van der Waals surface area contributed by atoms with Crippen molar-refractivity contribution in [3.05, 3.63) is 59.8 Å². The minimum atomic E-state index is -1.07. The van der Waals surface area contributed by atoms with Gasteiger partial charge in [0.15, 0.2) is 11.5 Å². The van der Waals surface area contributed by atoms with Gasteiger partial charge < -0.3 is 28.6 Å². The van der Waals surface area contributed by atoms with Crippen LogP contribution in [0.15, 0.2) is 48.5 Å². The fourth-order valence-corrected chi connectivity index (χ4v) is 5.11. The lowest BCUT2D eigenvalue weighted by atomic mass is 10.0. The highest BCUT2D eigenvalue weighted by molar-refractivity contribution is 7.00. The Morgan fingerprint density at radius 1 is 0.946 bits per heavy atom. The van der Waals surface area contributed by atoms with Crippen molar-refractivity contribution in [2.45, 2.75) is 13.5 Å². The van der Waals surface area contributed by atoms with E-state index in [0.717, 1.165) is 28.3 Å². The SMILES string of the molecule is CCOc1c(OC)cc2c(c1OC)c(-c1ccc(OC)cc1)c(C(=O)O)n2Cc1ccc2nsnc2c1. The lowest BCUT2D eigenvalue weighted by Crippen LogP contribution is -2.10. The second kappa shape index (κ2) is 9.98. The van der Waals surface area contributed by atoms with Crippen LogP contribution in [0.1, 0.15) is 23.0 Å². The zero-order valence-corrected chi connectivity index (χ0v) is 21.6. The van der Waals surface area contributed by atoms with E-state index in [1.54, 1.807) is 37.0 Å².